The molecule has 3 N–H and O–H groups in total. The van der Waals surface area contributed by atoms with E-state index in [2.05, 4.69) is 26.8 Å². The van der Waals surface area contributed by atoms with E-state index in [0.29, 0.717) is 25.4 Å². The SMILES string of the molecule is Cc1ccc(N=C(N)c2cccc(C(F)(F)F)c2)cc1-c1cc2[nH]cnc2c(N2CCOC[C@H]2C)n1. The van der Waals surface area contributed by atoms with Crippen molar-refractivity contribution >= 4 is 28.4 Å². The molecule has 2 aromatic heterocycles. The fraction of sp³-hybridized carbons (Fsp3) is 0.269. The van der Waals surface area contributed by atoms with Gasteiger partial charge in [0.1, 0.15) is 11.4 Å². The molecular weight excluding hydrogens is 469 g/mol. The van der Waals surface area contributed by atoms with Crippen LogP contribution in [0.1, 0.15) is 23.6 Å². The van der Waals surface area contributed by atoms with E-state index < -0.39 is 11.7 Å². The van der Waals surface area contributed by atoms with Gasteiger partial charge < -0.3 is 20.4 Å². The van der Waals surface area contributed by atoms with Gasteiger partial charge in [0.15, 0.2) is 5.82 Å². The van der Waals surface area contributed by atoms with Crippen LogP contribution in [-0.2, 0) is 10.9 Å². The Morgan fingerprint density at radius 3 is 2.81 bits per heavy atom. The van der Waals surface area contributed by atoms with Crippen LogP contribution in [0.5, 0.6) is 0 Å². The summed E-state index contributed by atoms with van der Waals surface area (Å²) in [6, 6.07) is 12.4. The van der Waals surface area contributed by atoms with Crippen molar-refractivity contribution in [2.24, 2.45) is 10.7 Å². The quantitative estimate of drug-likeness (QED) is 0.300. The zero-order valence-electron chi connectivity index (χ0n) is 19.8. The minimum absolute atomic E-state index is 0.00397. The molecule has 4 aromatic rings. The number of aryl methyl sites for hydroxylation is 1. The number of nitrogens with zero attached hydrogens (tertiary/aromatic N) is 4. The summed E-state index contributed by atoms with van der Waals surface area (Å²) in [6.45, 7) is 5.98. The maximum Gasteiger partial charge on any atom is 0.416 e. The zero-order valence-corrected chi connectivity index (χ0v) is 19.8. The van der Waals surface area contributed by atoms with Crippen LogP contribution in [0.4, 0.5) is 24.7 Å². The summed E-state index contributed by atoms with van der Waals surface area (Å²) in [5.74, 6) is 0.770. The summed E-state index contributed by atoms with van der Waals surface area (Å²) in [5.41, 5.74) is 10.2. The summed E-state index contributed by atoms with van der Waals surface area (Å²) in [4.78, 5) is 19.2. The number of rotatable bonds is 4. The van der Waals surface area contributed by atoms with E-state index in [1.54, 1.807) is 12.4 Å². The predicted molar refractivity (Wildman–Crippen MR) is 134 cm³/mol. The maximum atomic E-state index is 13.1. The van der Waals surface area contributed by atoms with Gasteiger partial charge in [-0.15, -0.1) is 0 Å². The molecule has 1 fully saturated rings. The Morgan fingerprint density at radius 1 is 1.19 bits per heavy atom. The summed E-state index contributed by atoms with van der Waals surface area (Å²) >= 11 is 0. The standard InChI is InChI=1S/C26H25F3N6O/c1-15-6-7-19(33-24(30)17-4-3-5-18(10-17)26(27,28)29)11-20(15)21-12-22-23(32-14-31-22)25(34-21)35-8-9-36-13-16(35)2/h3-7,10-12,14,16H,8-9,13H2,1-2H3,(H2,30,33)(H,31,32)/t16-/m1/s1. The highest BCUT2D eigenvalue weighted by atomic mass is 19.4. The van der Waals surface area contributed by atoms with Crippen LogP contribution in [0, 0.1) is 6.92 Å². The van der Waals surface area contributed by atoms with Crippen LogP contribution in [0.2, 0.25) is 0 Å². The third-order valence-corrected chi connectivity index (χ3v) is 6.26. The van der Waals surface area contributed by atoms with E-state index in [0.717, 1.165) is 45.8 Å². The lowest BCUT2D eigenvalue weighted by molar-refractivity contribution is -0.137. The van der Waals surface area contributed by atoms with Crippen molar-refractivity contribution in [3.63, 3.8) is 0 Å². The predicted octanol–water partition coefficient (Wildman–Crippen LogP) is 5.21. The number of hydrogen-bond donors (Lipinski definition) is 2. The molecular formula is C26H25F3N6O. The summed E-state index contributed by atoms with van der Waals surface area (Å²) in [7, 11) is 0. The van der Waals surface area contributed by atoms with Crippen molar-refractivity contribution in [1.82, 2.24) is 15.0 Å². The Hall–Kier alpha value is -3.92. The molecule has 0 spiro atoms. The number of pyridine rings is 1. The molecule has 2 aromatic carbocycles. The van der Waals surface area contributed by atoms with Gasteiger partial charge in [0.2, 0.25) is 0 Å². The lowest BCUT2D eigenvalue weighted by Gasteiger charge is -2.34. The lowest BCUT2D eigenvalue weighted by Crippen LogP contribution is -2.44. The Bertz CT molecular complexity index is 1450. The number of fused-ring (bicyclic) bond motifs is 1. The number of halogens is 3. The van der Waals surface area contributed by atoms with Gasteiger partial charge in [0.25, 0.3) is 0 Å². The van der Waals surface area contributed by atoms with Crippen LogP contribution in [0.25, 0.3) is 22.3 Å². The summed E-state index contributed by atoms with van der Waals surface area (Å²) < 4.78 is 44.9. The van der Waals surface area contributed by atoms with Crippen molar-refractivity contribution in [1.29, 1.82) is 0 Å². The highest BCUT2D eigenvalue weighted by Gasteiger charge is 2.30. The van der Waals surface area contributed by atoms with Crippen molar-refractivity contribution in [3.8, 4) is 11.3 Å². The van der Waals surface area contributed by atoms with Crippen LogP contribution in [0.15, 0.2) is 59.9 Å². The number of aliphatic imine (C=N–C) groups is 1. The van der Waals surface area contributed by atoms with Crippen LogP contribution in [-0.4, -0.2) is 46.6 Å². The van der Waals surface area contributed by atoms with Crippen LogP contribution >= 0.6 is 0 Å². The molecule has 0 radical (unpaired) electrons. The van der Waals surface area contributed by atoms with Crippen molar-refractivity contribution in [2.75, 3.05) is 24.7 Å². The highest BCUT2D eigenvalue weighted by Crippen LogP contribution is 2.33. The number of benzene rings is 2. The average molecular weight is 495 g/mol. The minimum atomic E-state index is -4.46. The normalized spacial score (nSPS) is 17.1. The van der Waals surface area contributed by atoms with E-state index >= 15 is 0 Å². The number of H-pyrrole nitrogens is 1. The summed E-state index contributed by atoms with van der Waals surface area (Å²) in [5, 5.41) is 0. The number of amidine groups is 1. The molecule has 3 heterocycles. The first-order valence-electron chi connectivity index (χ1n) is 11.5. The Balaban J connectivity index is 1.55. The molecule has 5 rings (SSSR count). The van der Waals surface area contributed by atoms with E-state index in [1.807, 2.05) is 25.1 Å². The molecule has 0 aliphatic carbocycles. The zero-order chi connectivity index (χ0) is 25.4. The molecule has 1 aliphatic heterocycles. The monoisotopic (exact) mass is 494 g/mol. The fourth-order valence-corrected chi connectivity index (χ4v) is 4.32. The number of aromatic nitrogens is 3. The molecule has 0 bridgehead atoms. The molecule has 1 saturated heterocycles. The number of aromatic amines is 1. The van der Waals surface area contributed by atoms with Crippen LogP contribution < -0.4 is 10.6 Å². The number of hydrogen-bond acceptors (Lipinski definition) is 5. The smallest absolute Gasteiger partial charge is 0.383 e. The van der Waals surface area contributed by atoms with Gasteiger partial charge in [-0.3, -0.25) is 0 Å². The fourth-order valence-electron chi connectivity index (χ4n) is 4.32. The number of alkyl halides is 3. The second kappa shape index (κ2) is 9.27. The number of nitrogens with two attached hydrogens (primary N) is 1. The van der Waals surface area contributed by atoms with Crippen molar-refractivity contribution < 1.29 is 17.9 Å². The van der Waals surface area contributed by atoms with Gasteiger partial charge in [-0.05, 0) is 49.7 Å². The summed E-state index contributed by atoms with van der Waals surface area (Å²) in [6.07, 6.45) is -2.81. The molecule has 0 unspecified atom stereocenters. The molecule has 0 saturated carbocycles. The number of imidazole rings is 1. The van der Waals surface area contributed by atoms with Crippen molar-refractivity contribution in [2.45, 2.75) is 26.1 Å². The Labute approximate surface area is 205 Å². The van der Waals surface area contributed by atoms with E-state index in [4.69, 9.17) is 15.5 Å². The molecule has 186 valence electrons. The molecule has 0 amide bonds. The Kier molecular flexibility index (Phi) is 6.13. The molecule has 10 heteroatoms. The van der Waals surface area contributed by atoms with Gasteiger partial charge >= 0.3 is 6.18 Å². The van der Waals surface area contributed by atoms with Gasteiger partial charge in [-0.1, -0.05) is 18.2 Å². The number of ether oxygens (including phenoxy) is 1. The van der Waals surface area contributed by atoms with Crippen molar-refractivity contribution in [3.05, 3.63) is 71.5 Å². The van der Waals surface area contributed by atoms with Gasteiger partial charge in [-0.25, -0.2) is 15.0 Å². The molecule has 1 atom stereocenters. The molecule has 7 nitrogen and oxygen atoms in total. The average Bonchev–Trinajstić information content (AvgIpc) is 3.33. The second-order valence-electron chi connectivity index (χ2n) is 8.82. The number of morpholine rings is 1. The lowest BCUT2D eigenvalue weighted by atomic mass is 10.0. The van der Waals surface area contributed by atoms with Gasteiger partial charge in [-0.2, -0.15) is 13.2 Å². The Morgan fingerprint density at radius 2 is 2.03 bits per heavy atom. The first kappa shape index (κ1) is 23.8. The first-order chi connectivity index (χ1) is 17.2. The van der Waals surface area contributed by atoms with E-state index in [1.165, 1.54) is 12.1 Å². The number of nitrogens with one attached hydrogen (secondary N) is 1. The number of anilines is 1. The first-order valence-corrected chi connectivity index (χ1v) is 11.5. The van der Waals surface area contributed by atoms with Gasteiger partial charge in [0, 0.05) is 17.7 Å². The topological polar surface area (TPSA) is 92.4 Å². The second-order valence-corrected chi connectivity index (χ2v) is 8.82. The maximum absolute atomic E-state index is 13.1. The highest BCUT2D eigenvalue weighted by molar-refractivity contribution is 5.99. The third kappa shape index (κ3) is 4.64. The van der Waals surface area contributed by atoms with E-state index in [-0.39, 0.29) is 17.4 Å². The molecule has 36 heavy (non-hydrogen) atoms. The minimum Gasteiger partial charge on any atom is -0.383 e. The van der Waals surface area contributed by atoms with Gasteiger partial charge in [0.05, 0.1) is 48.0 Å². The largest absolute Gasteiger partial charge is 0.416 e. The van der Waals surface area contributed by atoms with E-state index in [9.17, 15) is 13.2 Å². The third-order valence-electron chi connectivity index (χ3n) is 6.26. The molecule has 1 aliphatic rings. The van der Waals surface area contributed by atoms with Crippen LogP contribution in [0.3, 0.4) is 0 Å².